The van der Waals surface area contributed by atoms with E-state index < -0.39 is 0 Å². The van der Waals surface area contributed by atoms with E-state index in [1.807, 2.05) is 72.8 Å². The maximum Gasteiger partial charge on any atom is 0.244 e. The molecule has 0 aliphatic heterocycles. The molecular weight excluding hydrogens is 416 g/mol. The minimum atomic E-state index is -0.186. The number of rotatable bonds is 9. The predicted octanol–water partition coefficient (Wildman–Crippen LogP) is 5.72. The molecule has 0 aromatic heterocycles. The van der Waals surface area contributed by atoms with Crippen molar-refractivity contribution in [2.45, 2.75) is 24.8 Å². The molecule has 3 aromatic rings. The highest BCUT2D eigenvalue weighted by atomic mass is 35.5. The quantitative estimate of drug-likeness (QED) is 0.264. The average molecular weight is 439 g/mol. The number of thioether (sulfide) groups is 1. The molecule has 0 unspecified atom stereocenters. The lowest BCUT2D eigenvalue weighted by Gasteiger charge is -2.08. The number of hydrazone groups is 1. The Balaban J connectivity index is 1.50. The second-order valence-corrected chi connectivity index (χ2v) is 8.24. The largest absolute Gasteiger partial charge is 0.489 e. The molecule has 3 rings (SSSR count). The molecule has 0 saturated carbocycles. The highest BCUT2D eigenvalue weighted by molar-refractivity contribution is 7.99. The molecule has 1 amide bonds. The number of amides is 1. The van der Waals surface area contributed by atoms with Crippen molar-refractivity contribution in [2.75, 3.05) is 5.75 Å². The van der Waals surface area contributed by atoms with Gasteiger partial charge in [0.2, 0.25) is 5.91 Å². The van der Waals surface area contributed by atoms with Crippen molar-refractivity contribution in [1.29, 1.82) is 0 Å². The Labute approximate surface area is 186 Å². The number of nitrogens with one attached hydrogen (secondary N) is 1. The molecule has 30 heavy (non-hydrogen) atoms. The minimum absolute atomic E-state index is 0.186. The molecule has 6 heteroatoms. The molecule has 0 spiro atoms. The normalized spacial score (nSPS) is 10.9. The van der Waals surface area contributed by atoms with Crippen LogP contribution < -0.4 is 10.2 Å². The van der Waals surface area contributed by atoms with Crippen LogP contribution in [0.15, 0.2) is 82.8 Å². The summed E-state index contributed by atoms with van der Waals surface area (Å²) in [5, 5.41) is 4.68. The standard InChI is InChI=1S/C24H23ClN2O2S/c1-2-30-23-13-10-21(25)14-20(23)15-24(28)27-26-16-18-8-11-22(12-9-18)29-17-19-6-4-3-5-7-19/h3-14,16H,2,15,17H2,1H3,(H,27,28)/b26-16-. The zero-order valence-corrected chi connectivity index (χ0v) is 18.2. The molecule has 0 saturated heterocycles. The van der Waals surface area contributed by atoms with Gasteiger partial charge in [-0.3, -0.25) is 4.79 Å². The number of carbonyl (C=O) groups excluding carboxylic acids is 1. The maximum absolute atomic E-state index is 12.2. The van der Waals surface area contributed by atoms with E-state index in [9.17, 15) is 4.79 Å². The van der Waals surface area contributed by atoms with Gasteiger partial charge in [-0.05, 0) is 64.9 Å². The summed E-state index contributed by atoms with van der Waals surface area (Å²) in [6.45, 7) is 2.59. The summed E-state index contributed by atoms with van der Waals surface area (Å²) < 4.78 is 5.77. The van der Waals surface area contributed by atoms with Crippen LogP contribution in [0.1, 0.15) is 23.6 Å². The van der Waals surface area contributed by atoms with E-state index in [1.54, 1.807) is 18.0 Å². The molecular formula is C24H23ClN2O2S. The van der Waals surface area contributed by atoms with E-state index in [-0.39, 0.29) is 12.3 Å². The lowest BCUT2D eigenvalue weighted by atomic mass is 10.1. The van der Waals surface area contributed by atoms with E-state index in [0.29, 0.717) is 11.6 Å². The fraction of sp³-hybridized carbons (Fsp3) is 0.167. The summed E-state index contributed by atoms with van der Waals surface area (Å²) in [5.41, 5.74) is 5.47. The van der Waals surface area contributed by atoms with Crippen molar-refractivity contribution in [1.82, 2.24) is 5.43 Å². The molecule has 0 fully saturated rings. The summed E-state index contributed by atoms with van der Waals surface area (Å²) >= 11 is 7.76. The molecule has 0 aliphatic carbocycles. The SMILES string of the molecule is CCSc1ccc(Cl)cc1CC(=O)N/N=C\c1ccc(OCc2ccccc2)cc1. The predicted molar refractivity (Wildman–Crippen MR) is 125 cm³/mol. The number of carbonyl (C=O) groups is 1. The van der Waals surface area contributed by atoms with Crippen LogP contribution in [0.2, 0.25) is 5.02 Å². The summed E-state index contributed by atoms with van der Waals surface area (Å²) in [7, 11) is 0. The topological polar surface area (TPSA) is 50.7 Å². The van der Waals surface area contributed by atoms with E-state index >= 15 is 0 Å². The molecule has 1 N–H and O–H groups in total. The van der Waals surface area contributed by atoms with Crippen molar-refractivity contribution in [3.63, 3.8) is 0 Å². The summed E-state index contributed by atoms with van der Waals surface area (Å²) in [5.74, 6) is 1.52. The molecule has 0 aliphatic rings. The van der Waals surface area contributed by atoms with Crippen molar-refractivity contribution in [2.24, 2.45) is 5.10 Å². The van der Waals surface area contributed by atoms with Crippen molar-refractivity contribution in [3.8, 4) is 5.75 Å². The Morgan fingerprint density at radius 2 is 1.87 bits per heavy atom. The van der Waals surface area contributed by atoms with Crippen LogP contribution in [-0.4, -0.2) is 17.9 Å². The van der Waals surface area contributed by atoms with Crippen LogP contribution in [0.3, 0.4) is 0 Å². The smallest absolute Gasteiger partial charge is 0.244 e. The van der Waals surface area contributed by atoms with Crippen LogP contribution in [0.4, 0.5) is 0 Å². The summed E-state index contributed by atoms with van der Waals surface area (Å²) in [4.78, 5) is 13.3. The first-order chi connectivity index (χ1) is 14.6. The van der Waals surface area contributed by atoms with Gasteiger partial charge in [0.1, 0.15) is 12.4 Å². The van der Waals surface area contributed by atoms with Crippen LogP contribution in [0.25, 0.3) is 0 Å². The van der Waals surface area contributed by atoms with Crippen molar-refractivity contribution >= 4 is 35.5 Å². The molecule has 3 aromatic carbocycles. The number of hydrogen-bond acceptors (Lipinski definition) is 4. The van der Waals surface area contributed by atoms with Crippen LogP contribution in [0.5, 0.6) is 5.75 Å². The molecule has 0 heterocycles. The lowest BCUT2D eigenvalue weighted by Crippen LogP contribution is -2.20. The van der Waals surface area contributed by atoms with Gasteiger partial charge in [0.25, 0.3) is 0 Å². The van der Waals surface area contributed by atoms with Gasteiger partial charge in [-0.25, -0.2) is 5.43 Å². The number of hydrogen-bond donors (Lipinski definition) is 1. The van der Waals surface area contributed by atoms with Gasteiger partial charge in [-0.1, -0.05) is 48.9 Å². The van der Waals surface area contributed by atoms with Gasteiger partial charge in [-0.2, -0.15) is 5.10 Å². The first-order valence-corrected chi connectivity index (χ1v) is 11.0. The highest BCUT2D eigenvalue weighted by Crippen LogP contribution is 2.26. The summed E-state index contributed by atoms with van der Waals surface area (Å²) in [6.07, 6.45) is 1.84. The average Bonchev–Trinajstić information content (AvgIpc) is 2.76. The monoisotopic (exact) mass is 438 g/mol. The maximum atomic E-state index is 12.2. The fourth-order valence-electron chi connectivity index (χ4n) is 2.76. The van der Waals surface area contributed by atoms with E-state index in [0.717, 1.165) is 33.1 Å². The molecule has 154 valence electrons. The zero-order chi connectivity index (χ0) is 21.2. The Bertz CT molecular complexity index is 992. The van der Waals surface area contributed by atoms with Gasteiger partial charge >= 0.3 is 0 Å². The Kier molecular flexibility index (Phi) is 8.36. The Hall–Kier alpha value is -2.76. The summed E-state index contributed by atoms with van der Waals surface area (Å²) in [6, 6.07) is 23.2. The third-order valence-corrected chi connectivity index (χ3v) is 5.44. The number of nitrogens with zero attached hydrogens (tertiary/aromatic N) is 1. The molecule has 4 nitrogen and oxygen atoms in total. The second kappa shape index (κ2) is 11.4. The molecule has 0 radical (unpaired) electrons. The van der Waals surface area contributed by atoms with Crippen molar-refractivity contribution in [3.05, 3.63) is 94.5 Å². The van der Waals surface area contributed by atoms with Crippen molar-refractivity contribution < 1.29 is 9.53 Å². The number of ether oxygens (including phenoxy) is 1. The zero-order valence-electron chi connectivity index (χ0n) is 16.7. The van der Waals surface area contributed by atoms with Gasteiger partial charge in [0.05, 0.1) is 12.6 Å². The minimum Gasteiger partial charge on any atom is -0.489 e. The van der Waals surface area contributed by atoms with Gasteiger partial charge in [0, 0.05) is 9.92 Å². The lowest BCUT2D eigenvalue weighted by molar-refractivity contribution is -0.120. The molecule has 0 bridgehead atoms. The van der Waals surface area contributed by atoms with Crippen LogP contribution in [-0.2, 0) is 17.8 Å². The number of benzene rings is 3. The fourth-order valence-corrected chi connectivity index (χ4v) is 3.75. The van der Waals surface area contributed by atoms with E-state index in [4.69, 9.17) is 16.3 Å². The van der Waals surface area contributed by atoms with Crippen LogP contribution in [0, 0.1) is 0 Å². The van der Waals surface area contributed by atoms with Crippen LogP contribution >= 0.6 is 23.4 Å². The third kappa shape index (κ3) is 6.94. The van der Waals surface area contributed by atoms with E-state index in [2.05, 4.69) is 17.5 Å². The van der Waals surface area contributed by atoms with Gasteiger partial charge in [0.15, 0.2) is 0 Å². The Morgan fingerprint density at radius 1 is 1.10 bits per heavy atom. The van der Waals surface area contributed by atoms with Gasteiger partial charge in [-0.15, -0.1) is 11.8 Å². The first-order valence-electron chi connectivity index (χ1n) is 9.64. The first kappa shape index (κ1) is 21.9. The van der Waals surface area contributed by atoms with Gasteiger partial charge < -0.3 is 4.74 Å². The van der Waals surface area contributed by atoms with E-state index in [1.165, 1.54) is 0 Å². The second-order valence-electron chi connectivity index (χ2n) is 6.50. The molecule has 0 atom stereocenters. The third-order valence-electron chi connectivity index (χ3n) is 4.20. The Morgan fingerprint density at radius 3 is 2.60 bits per heavy atom. The number of halogens is 1. The highest BCUT2D eigenvalue weighted by Gasteiger charge is 2.08.